The molecule has 2 bridgehead atoms. The summed E-state index contributed by atoms with van der Waals surface area (Å²) < 4.78 is 197. The average Bonchev–Trinajstić information content (AvgIpc) is 3.14. The molecule has 0 aromatic heterocycles. The quantitative estimate of drug-likeness (QED) is 0.0690. The van der Waals surface area contributed by atoms with E-state index in [1.807, 2.05) is 5.32 Å². The summed E-state index contributed by atoms with van der Waals surface area (Å²) in [6.07, 6.45) is 0. The Balaban J connectivity index is 1.96. The number of aromatic carboxylic acids is 1. The lowest BCUT2D eigenvalue weighted by Gasteiger charge is -2.25. The van der Waals surface area contributed by atoms with Gasteiger partial charge in [-0.1, -0.05) is 23.2 Å². The minimum Gasteiger partial charge on any atom is -0.504 e. The molecule has 0 saturated carbocycles. The Bertz CT molecular complexity index is 3370. The highest BCUT2D eigenvalue weighted by Crippen LogP contribution is 2.49. The number of carbonyl (C=O) groups excluding carboxylic acids is 3. The zero-order chi connectivity index (χ0) is 49.8. The van der Waals surface area contributed by atoms with Crippen LogP contribution in [0.4, 0.5) is 8.78 Å². The second-order valence-electron chi connectivity index (χ2n) is 13.6. The number of phenolic OH excluding ortho intramolecular Hbond substituents is 1. The molecule has 1 aliphatic carbocycles. The van der Waals surface area contributed by atoms with Crippen LogP contribution in [0.15, 0.2) is 43.3 Å². The number of benzene rings is 3. The summed E-state index contributed by atoms with van der Waals surface area (Å²) in [5.74, 6) is -20.9. The van der Waals surface area contributed by atoms with Gasteiger partial charge in [-0.15, -0.1) is 0 Å². The number of carbonyl (C=O) groups is 4. The summed E-state index contributed by atoms with van der Waals surface area (Å²) in [5.41, 5.74) is -7.67. The first-order chi connectivity index (χ1) is 30.1. The van der Waals surface area contributed by atoms with Crippen molar-refractivity contribution in [2.45, 2.75) is 27.9 Å². The van der Waals surface area contributed by atoms with Gasteiger partial charge in [0.15, 0.2) is 38.5 Å². The first kappa shape index (κ1) is 51.8. The fraction of sp³-hybridized carbons (Fsp3) is 0.258. The molecule has 360 valence electrons. The van der Waals surface area contributed by atoms with E-state index in [9.17, 15) is 89.9 Å². The van der Waals surface area contributed by atoms with E-state index in [2.05, 4.69) is 0 Å². The molecule has 35 heteroatoms. The molecule has 3 unspecified atom stereocenters. The summed E-state index contributed by atoms with van der Waals surface area (Å²) in [6.45, 7) is -2.03. The van der Waals surface area contributed by atoms with Gasteiger partial charge in [-0.3, -0.25) is 32.8 Å². The van der Waals surface area contributed by atoms with Crippen LogP contribution in [-0.4, -0.2) is 138 Å². The summed E-state index contributed by atoms with van der Waals surface area (Å²) in [4.78, 5) is 62.5. The largest absolute Gasteiger partial charge is 0.504 e. The van der Waals surface area contributed by atoms with Crippen LogP contribution in [0, 0.1) is 11.6 Å². The third kappa shape index (κ3) is 11.3. The molecular formula is C31H27Cl2F2N5O21S5. The van der Waals surface area contributed by atoms with Crippen molar-refractivity contribution in [1.29, 1.82) is 0 Å². The number of sulfonamides is 2. The Kier molecular flexibility index (Phi) is 14.5. The molecule has 66 heavy (non-hydrogen) atoms. The molecule has 3 atom stereocenters. The SMILES string of the molecule is O=C(O)c1c(Cl)ccc(Cl)c1-c1c2cc(F)c(=O)c3c-2oc2c(c(O)c(F)cc12)S(=O)(=O)NCCNC(=O)C(CS(=O)(=O)O)NC(=O)C(CS(=O)(=O)O)NC(=O)C(CS(=O)(=O)O)NS3(=O)=O. The molecule has 5 rings (SSSR count). The van der Waals surface area contributed by atoms with E-state index in [0.717, 1.165) is 12.1 Å². The van der Waals surface area contributed by atoms with Crippen LogP contribution in [0.3, 0.4) is 0 Å². The summed E-state index contributed by atoms with van der Waals surface area (Å²) in [5, 5.41) is 23.7. The van der Waals surface area contributed by atoms with Crippen LogP contribution in [0.2, 0.25) is 10.0 Å². The summed E-state index contributed by atoms with van der Waals surface area (Å²) >= 11 is 12.6. The van der Waals surface area contributed by atoms with Crippen LogP contribution in [-0.2, 0) is 64.8 Å². The monoisotopic (exact) mass is 1070 g/mol. The van der Waals surface area contributed by atoms with Crippen molar-refractivity contribution in [1.82, 2.24) is 25.4 Å². The van der Waals surface area contributed by atoms with Crippen molar-refractivity contribution in [2.24, 2.45) is 0 Å². The normalized spacial score (nSPS) is 20.2. The number of hydrogen-bond acceptors (Lipinski definition) is 17. The van der Waals surface area contributed by atoms with Crippen molar-refractivity contribution >= 4 is 108 Å². The van der Waals surface area contributed by atoms with Crippen molar-refractivity contribution in [3.8, 4) is 28.2 Å². The van der Waals surface area contributed by atoms with Crippen LogP contribution < -0.4 is 30.8 Å². The highest BCUT2D eigenvalue weighted by Gasteiger charge is 2.41. The fourth-order valence-corrected chi connectivity index (χ4v) is 11.5. The molecule has 2 aliphatic heterocycles. The molecule has 3 aliphatic rings. The van der Waals surface area contributed by atoms with E-state index in [1.165, 1.54) is 10.0 Å². The Hall–Kier alpha value is -5.20. The smallest absolute Gasteiger partial charge is 0.337 e. The van der Waals surface area contributed by atoms with Crippen LogP contribution in [0.5, 0.6) is 5.75 Å². The minimum absolute atomic E-state index is 0.159. The molecule has 2 heterocycles. The molecule has 3 amide bonds. The maximum Gasteiger partial charge on any atom is 0.337 e. The molecule has 0 fully saturated rings. The Morgan fingerprint density at radius 1 is 0.727 bits per heavy atom. The van der Waals surface area contributed by atoms with Crippen LogP contribution >= 0.6 is 23.2 Å². The summed E-state index contributed by atoms with van der Waals surface area (Å²) in [7, 11) is -28.2. The third-order valence-corrected chi connectivity index (χ3v) is 14.8. The lowest BCUT2D eigenvalue weighted by molar-refractivity contribution is -0.131. The number of rotatable bonds is 8. The fourth-order valence-electron chi connectivity index (χ4n) is 6.30. The van der Waals surface area contributed by atoms with E-state index in [0.29, 0.717) is 0 Å². The van der Waals surface area contributed by atoms with Gasteiger partial charge in [-0.25, -0.2) is 35.1 Å². The molecule has 0 saturated heterocycles. The van der Waals surface area contributed by atoms with E-state index >= 15 is 8.78 Å². The van der Waals surface area contributed by atoms with Gasteiger partial charge in [0.25, 0.3) is 30.4 Å². The number of hydrogen-bond donors (Lipinski definition) is 10. The van der Waals surface area contributed by atoms with Crippen LogP contribution in [0.1, 0.15) is 10.4 Å². The molecule has 0 radical (unpaired) electrons. The number of phenols is 1. The standard InChI is InChI=1S/C31H27Cl2F2N5O21S5/c32-12-1-2-13(33)21(31(46)47)20(12)19-10-5-14(34)22(41)26-24(10)61-25-11(19)6-15(35)23(42)27(25)66(59,60)40-18(9-64(54,55)56)30(45)39-17(8-63(51,52)53)29(44)38-16(7-62(48,49)50)28(43)36-3-4-37-65(26,57)58/h1-2,5-6,16-18,37,40-41H,3-4,7-9H2,(H,36,43)(H,38,44)(H,39,45)(H,46,47)(H,48,49,50)(H,51,52,53)(H,54,55,56). The van der Waals surface area contributed by atoms with Crippen LogP contribution in [0.25, 0.3) is 33.4 Å². The molecule has 10 N–H and O–H groups in total. The maximum absolute atomic E-state index is 15.9. The Labute approximate surface area is 378 Å². The average molecular weight is 1070 g/mol. The summed E-state index contributed by atoms with van der Waals surface area (Å²) in [6, 6.07) is -6.18. The molecule has 2 aromatic rings. The van der Waals surface area contributed by atoms with Crippen molar-refractivity contribution in [2.75, 3.05) is 30.3 Å². The predicted octanol–water partition coefficient (Wildman–Crippen LogP) is -1.76. The topological polar surface area (TPSA) is 430 Å². The molecule has 0 spiro atoms. The highest BCUT2D eigenvalue weighted by atomic mass is 35.5. The van der Waals surface area contributed by atoms with Gasteiger partial charge in [0.1, 0.15) is 35.4 Å². The molecule has 26 nitrogen and oxygen atoms in total. The zero-order valence-corrected chi connectivity index (χ0v) is 37.5. The third-order valence-electron chi connectivity index (χ3n) is 8.88. The second-order valence-corrected chi connectivity index (χ2v) is 22.3. The minimum atomic E-state index is -6.20. The molecular weight excluding hydrogens is 1050 g/mol. The van der Waals surface area contributed by atoms with Gasteiger partial charge in [0.2, 0.25) is 43.2 Å². The van der Waals surface area contributed by atoms with E-state index in [4.69, 9.17) is 27.6 Å². The Morgan fingerprint density at radius 3 is 1.79 bits per heavy atom. The first-order valence-electron chi connectivity index (χ1n) is 17.3. The van der Waals surface area contributed by atoms with E-state index in [-0.39, 0.29) is 12.1 Å². The van der Waals surface area contributed by atoms with Gasteiger partial charge in [0, 0.05) is 40.2 Å². The number of halogens is 4. The lowest BCUT2D eigenvalue weighted by Crippen LogP contribution is -2.60. The van der Waals surface area contributed by atoms with Crippen molar-refractivity contribution in [3.05, 3.63) is 61.7 Å². The van der Waals surface area contributed by atoms with E-state index in [1.54, 1.807) is 10.0 Å². The van der Waals surface area contributed by atoms with Gasteiger partial charge >= 0.3 is 5.97 Å². The predicted molar refractivity (Wildman–Crippen MR) is 219 cm³/mol. The zero-order valence-electron chi connectivity index (χ0n) is 31.9. The van der Waals surface area contributed by atoms with Gasteiger partial charge in [-0.2, -0.15) is 30.0 Å². The number of aromatic hydroxyl groups is 1. The van der Waals surface area contributed by atoms with Crippen molar-refractivity contribution in [3.63, 3.8) is 0 Å². The van der Waals surface area contributed by atoms with Crippen molar-refractivity contribution < 1.29 is 98.3 Å². The first-order valence-corrected chi connectivity index (χ1v) is 25.8. The number of nitrogens with one attached hydrogen (secondary N) is 5. The lowest BCUT2D eigenvalue weighted by atomic mass is 9.90. The number of carboxylic acid groups (broad SMARTS) is 1. The second kappa shape index (κ2) is 18.5. The molecule has 2 aromatic carbocycles. The Morgan fingerprint density at radius 2 is 1.24 bits per heavy atom. The van der Waals surface area contributed by atoms with Gasteiger partial charge < -0.3 is 30.6 Å². The maximum atomic E-state index is 15.9. The number of carboxylic acids is 1. The number of amides is 3. The van der Waals surface area contributed by atoms with E-state index < -0.39 is 204 Å². The van der Waals surface area contributed by atoms with Gasteiger partial charge in [-0.05, 0) is 24.3 Å². The van der Waals surface area contributed by atoms with Gasteiger partial charge in [0.05, 0.1) is 10.6 Å². The highest BCUT2D eigenvalue weighted by molar-refractivity contribution is 7.90.